The minimum atomic E-state index is -0.471. The van der Waals surface area contributed by atoms with Crippen molar-refractivity contribution in [1.29, 1.82) is 0 Å². The van der Waals surface area contributed by atoms with Gasteiger partial charge < -0.3 is 14.4 Å². The molecule has 0 unspecified atom stereocenters. The number of carbonyl (C=O) groups is 2. The van der Waals surface area contributed by atoms with Crippen molar-refractivity contribution in [3.8, 4) is 11.5 Å². The standard InChI is InChI=1S/C22H24FN3O4/c1-29-19-8-7-17(13-20(19)30-2)26-21(27)14-18(22(26)28)25-11-9-24(10-12-25)16-5-3-15(23)4-6-16/h3-8,13,18H,9-12,14H2,1-2H3/t18-/m0/s1. The Kier molecular flexibility index (Phi) is 5.59. The molecule has 0 saturated carbocycles. The van der Waals surface area contributed by atoms with Crippen LogP contribution in [0.3, 0.4) is 0 Å². The van der Waals surface area contributed by atoms with Crippen LogP contribution in [0.2, 0.25) is 0 Å². The number of hydrogen-bond acceptors (Lipinski definition) is 6. The second-order valence-corrected chi connectivity index (χ2v) is 7.33. The van der Waals surface area contributed by atoms with Gasteiger partial charge in [0.25, 0.3) is 5.91 Å². The van der Waals surface area contributed by atoms with Crippen molar-refractivity contribution in [2.24, 2.45) is 0 Å². The molecule has 0 radical (unpaired) electrons. The highest BCUT2D eigenvalue weighted by Crippen LogP contribution is 2.34. The summed E-state index contributed by atoms with van der Waals surface area (Å²) in [6, 6.07) is 11.0. The average Bonchev–Trinajstić information content (AvgIpc) is 3.07. The Morgan fingerprint density at radius 1 is 0.867 bits per heavy atom. The molecule has 0 aromatic heterocycles. The van der Waals surface area contributed by atoms with Crippen molar-refractivity contribution in [1.82, 2.24) is 4.90 Å². The number of nitrogens with zero attached hydrogens (tertiary/aromatic N) is 3. The first-order valence-electron chi connectivity index (χ1n) is 9.85. The number of ether oxygens (including phenoxy) is 2. The van der Waals surface area contributed by atoms with Gasteiger partial charge in [-0.25, -0.2) is 9.29 Å². The first kappa shape index (κ1) is 20.2. The molecule has 2 aliphatic heterocycles. The van der Waals surface area contributed by atoms with E-state index < -0.39 is 6.04 Å². The molecule has 8 heteroatoms. The lowest BCUT2D eigenvalue weighted by molar-refractivity contribution is -0.123. The summed E-state index contributed by atoms with van der Waals surface area (Å²) in [6.07, 6.45) is 0.156. The molecular weight excluding hydrogens is 389 g/mol. The summed E-state index contributed by atoms with van der Waals surface area (Å²) in [4.78, 5) is 31.2. The second kappa shape index (κ2) is 8.31. The largest absolute Gasteiger partial charge is 0.493 e. The van der Waals surface area contributed by atoms with E-state index in [-0.39, 0.29) is 24.1 Å². The first-order valence-corrected chi connectivity index (χ1v) is 9.85. The Morgan fingerprint density at radius 3 is 2.13 bits per heavy atom. The van der Waals surface area contributed by atoms with Crippen LogP contribution in [0.5, 0.6) is 11.5 Å². The van der Waals surface area contributed by atoms with Gasteiger partial charge in [-0.05, 0) is 36.4 Å². The molecule has 0 bridgehead atoms. The normalized spacial score (nSPS) is 20.0. The molecule has 1 atom stereocenters. The summed E-state index contributed by atoms with van der Waals surface area (Å²) >= 11 is 0. The van der Waals surface area contributed by atoms with E-state index in [1.165, 1.54) is 31.3 Å². The third-order valence-electron chi connectivity index (χ3n) is 5.69. The Morgan fingerprint density at radius 2 is 1.50 bits per heavy atom. The molecule has 2 aliphatic rings. The van der Waals surface area contributed by atoms with Gasteiger partial charge in [0.1, 0.15) is 5.82 Å². The van der Waals surface area contributed by atoms with E-state index in [1.54, 1.807) is 30.3 Å². The smallest absolute Gasteiger partial charge is 0.251 e. The monoisotopic (exact) mass is 413 g/mol. The Bertz CT molecular complexity index is 942. The van der Waals surface area contributed by atoms with Crippen LogP contribution in [0.15, 0.2) is 42.5 Å². The van der Waals surface area contributed by atoms with Crippen LogP contribution in [0.4, 0.5) is 15.8 Å². The van der Waals surface area contributed by atoms with E-state index in [2.05, 4.69) is 9.80 Å². The molecule has 2 aromatic carbocycles. The lowest BCUT2D eigenvalue weighted by Crippen LogP contribution is -2.52. The topological polar surface area (TPSA) is 62.3 Å². The maximum atomic E-state index is 13.2. The Labute approximate surface area is 174 Å². The van der Waals surface area contributed by atoms with Gasteiger partial charge in [-0.3, -0.25) is 14.5 Å². The molecular formula is C22H24FN3O4. The van der Waals surface area contributed by atoms with Crippen molar-refractivity contribution >= 4 is 23.2 Å². The van der Waals surface area contributed by atoms with E-state index in [0.29, 0.717) is 43.4 Å². The predicted molar refractivity (Wildman–Crippen MR) is 111 cm³/mol. The Balaban J connectivity index is 1.45. The van der Waals surface area contributed by atoms with E-state index in [9.17, 15) is 14.0 Å². The van der Waals surface area contributed by atoms with Crippen molar-refractivity contribution in [2.75, 3.05) is 50.2 Å². The van der Waals surface area contributed by atoms with Crippen LogP contribution in [-0.4, -0.2) is 63.2 Å². The van der Waals surface area contributed by atoms with E-state index in [4.69, 9.17) is 9.47 Å². The highest BCUT2D eigenvalue weighted by Gasteiger charge is 2.43. The Hall–Kier alpha value is -3.13. The number of anilines is 2. The summed E-state index contributed by atoms with van der Waals surface area (Å²) < 4.78 is 23.7. The lowest BCUT2D eigenvalue weighted by atomic mass is 10.1. The quantitative estimate of drug-likeness (QED) is 0.701. The number of benzene rings is 2. The summed E-state index contributed by atoms with van der Waals surface area (Å²) in [5.41, 5.74) is 1.44. The zero-order valence-corrected chi connectivity index (χ0v) is 17.0. The van der Waals surface area contributed by atoms with Crippen LogP contribution in [0.1, 0.15) is 6.42 Å². The molecule has 158 valence electrons. The average molecular weight is 413 g/mol. The molecule has 2 saturated heterocycles. The van der Waals surface area contributed by atoms with Gasteiger partial charge in [-0.2, -0.15) is 0 Å². The number of rotatable bonds is 5. The van der Waals surface area contributed by atoms with Gasteiger partial charge in [0.05, 0.1) is 32.4 Å². The summed E-state index contributed by atoms with van der Waals surface area (Å²) in [5.74, 6) is 0.295. The molecule has 2 aromatic rings. The van der Waals surface area contributed by atoms with Gasteiger partial charge in [0, 0.05) is 37.9 Å². The van der Waals surface area contributed by atoms with Crippen LogP contribution in [0.25, 0.3) is 0 Å². The van der Waals surface area contributed by atoms with Gasteiger partial charge in [0.2, 0.25) is 5.91 Å². The summed E-state index contributed by atoms with van der Waals surface area (Å²) in [6.45, 7) is 2.72. The van der Waals surface area contributed by atoms with Crippen molar-refractivity contribution in [2.45, 2.75) is 12.5 Å². The highest BCUT2D eigenvalue weighted by atomic mass is 19.1. The molecule has 0 aliphatic carbocycles. The van der Waals surface area contributed by atoms with Gasteiger partial charge in [-0.15, -0.1) is 0 Å². The molecule has 2 amide bonds. The second-order valence-electron chi connectivity index (χ2n) is 7.33. The molecule has 2 heterocycles. The summed E-state index contributed by atoms with van der Waals surface area (Å²) in [7, 11) is 3.05. The van der Waals surface area contributed by atoms with E-state index >= 15 is 0 Å². The van der Waals surface area contributed by atoms with Crippen LogP contribution in [-0.2, 0) is 9.59 Å². The fourth-order valence-electron chi connectivity index (χ4n) is 4.08. The molecule has 30 heavy (non-hydrogen) atoms. The van der Waals surface area contributed by atoms with E-state index in [1.807, 2.05) is 0 Å². The molecule has 4 rings (SSSR count). The number of hydrogen-bond donors (Lipinski definition) is 0. The van der Waals surface area contributed by atoms with Crippen molar-refractivity contribution < 1.29 is 23.5 Å². The number of imide groups is 1. The minimum Gasteiger partial charge on any atom is -0.493 e. The zero-order valence-electron chi connectivity index (χ0n) is 17.0. The van der Waals surface area contributed by atoms with Crippen LogP contribution >= 0.6 is 0 Å². The highest BCUT2D eigenvalue weighted by molar-refractivity contribution is 6.22. The zero-order chi connectivity index (χ0) is 21.3. The number of methoxy groups -OCH3 is 2. The van der Waals surface area contributed by atoms with Crippen LogP contribution < -0.4 is 19.3 Å². The van der Waals surface area contributed by atoms with Crippen molar-refractivity contribution in [3.63, 3.8) is 0 Å². The van der Waals surface area contributed by atoms with E-state index in [0.717, 1.165) is 5.69 Å². The minimum absolute atomic E-state index is 0.156. The fourth-order valence-corrected chi connectivity index (χ4v) is 4.08. The van der Waals surface area contributed by atoms with Gasteiger partial charge in [-0.1, -0.05) is 0 Å². The SMILES string of the molecule is COc1ccc(N2C(=O)C[C@H](N3CCN(c4ccc(F)cc4)CC3)C2=O)cc1OC. The van der Waals surface area contributed by atoms with Gasteiger partial charge >= 0.3 is 0 Å². The molecule has 0 N–H and O–H groups in total. The number of carbonyl (C=O) groups excluding carboxylic acids is 2. The maximum absolute atomic E-state index is 13.2. The molecule has 2 fully saturated rings. The van der Waals surface area contributed by atoms with Crippen molar-refractivity contribution in [3.05, 3.63) is 48.3 Å². The predicted octanol–water partition coefficient (Wildman–Crippen LogP) is 2.30. The molecule has 7 nitrogen and oxygen atoms in total. The number of piperazine rings is 1. The number of amides is 2. The number of halogens is 1. The van der Waals surface area contributed by atoms with Gasteiger partial charge in [0.15, 0.2) is 11.5 Å². The fraction of sp³-hybridized carbons (Fsp3) is 0.364. The third-order valence-corrected chi connectivity index (χ3v) is 5.69. The maximum Gasteiger partial charge on any atom is 0.251 e. The third kappa shape index (κ3) is 3.70. The first-order chi connectivity index (χ1) is 14.5. The lowest BCUT2D eigenvalue weighted by Gasteiger charge is -2.38. The summed E-state index contributed by atoms with van der Waals surface area (Å²) in [5, 5.41) is 0. The molecule has 0 spiro atoms. The van der Waals surface area contributed by atoms with Crippen LogP contribution in [0, 0.1) is 5.82 Å².